The van der Waals surface area contributed by atoms with Gasteiger partial charge in [0.05, 0.1) is 7.11 Å². The Kier molecular flexibility index (Phi) is 3.82. The van der Waals surface area contributed by atoms with E-state index in [0.717, 1.165) is 0 Å². The molecule has 0 amide bonds. The fraction of sp³-hybridized carbons (Fsp3) is 0.273. The van der Waals surface area contributed by atoms with Crippen LogP contribution in [0, 0.1) is 0 Å². The lowest BCUT2D eigenvalue weighted by molar-refractivity contribution is -0.132. The highest BCUT2D eigenvalue weighted by molar-refractivity contribution is 5.26. The van der Waals surface area contributed by atoms with Crippen molar-refractivity contribution >= 4 is 0 Å². The molecule has 0 atom stereocenters. The van der Waals surface area contributed by atoms with Crippen molar-refractivity contribution in [1.29, 1.82) is 0 Å². The van der Waals surface area contributed by atoms with Crippen LogP contribution in [0.2, 0.25) is 0 Å². The number of halogens is 3. The van der Waals surface area contributed by atoms with Crippen molar-refractivity contribution in [2.75, 3.05) is 7.11 Å². The minimum atomic E-state index is -4.51. The van der Waals surface area contributed by atoms with Gasteiger partial charge in [-0.25, -0.2) is 0 Å². The minimum Gasteiger partial charge on any atom is -0.497 e. The monoisotopic (exact) mass is 232 g/mol. The van der Waals surface area contributed by atoms with Crippen LogP contribution in [0.3, 0.4) is 0 Å². The van der Waals surface area contributed by atoms with Crippen LogP contribution in [0.15, 0.2) is 36.6 Å². The molecule has 0 radical (unpaired) electrons. The Labute approximate surface area is 91.3 Å². The van der Waals surface area contributed by atoms with Crippen LogP contribution >= 0.6 is 0 Å². The molecule has 0 saturated carbocycles. The van der Waals surface area contributed by atoms with Gasteiger partial charge < -0.3 is 9.47 Å². The first-order valence-electron chi connectivity index (χ1n) is 4.45. The summed E-state index contributed by atoms with van der Waals surface area (Å²) in [4.78, 5) is 0. The Morgan fingerprint density at radius 3 is 2.25 bits per heavy atom. The lowest BCUT2D eigenvalue weighted by atomic mass is 10.2. The molecule has 2 nitrogen and oxygen atoms in total. The van der Waals surface area contributed by atoms with Gasteiger partial charge in [-0.2, -0.15) is 13.2 Å². The molecule has 0 fully saturated rings. The van der Waals surface area contributed by atoms with Gasteiger partial charge in [0.2, 0.25) is 0 Å². The smallest absolute Gasteiger partial charge is 0.448 e. The molecule has 0 aliphatic carbocycles. The molecule has 0 aromatic heterocycles. The van der Waals surface area contributed by atoms with Gasteiger partial charge in [0.1, 0.15) is 12.4 Å². The van der Waals surface area contributed by atoms with Gasteiger partial charge in [-0.3, -0.25) is 0 Å². The number of hydrogen-bond acceptors (Lipinski definition) is 2. The van der Waals surface area contributed by atoms with Gasteiger partial charge in [-0.05, 0) is 17.7 Å². The predicted molar refractivity (Wildman–Crippen MR) is 53.0 cm³/mol. The van der Waals surface area contributed by atoms with Crippen molar-refractivity contribution in [3.05, 3.63) is 42.2 Å². The lowest BCUT2D eigenvalue weighted by Gasteiger charge is -2.11. The largest absolute Gasteiger partial charge is 0.497 e. The maximum Gasteiger partial charge on any atom is 0.448 e. The molecule has 1 aromatic carbocycles. The number of rotatable bonds is 4. The second kappa shape index (κ2) is 4.92. The summed E-state index contributed by atoms with van der Waals surface area (Å²) in [5, 5.41) is 0. The van der Waals surface area contributed by atoms with Gasteiger partial charge in [-0.15, -0.1) is 0 Å². The summed E-state index contributed by atoms with van der Waals surface area (Å²) in [5.74, 6) is -0.554. The van der Waals surface area contributed by atoms with Crippen LogP contribution in [-0.2, 0) is 11.3 Å². The fourth-order valence-corrected chi connectivity index (χ4v) is 0.974. The summed E-state index contributed by atoms with van der Waals surface area (Å²) in [7, 11) is 1.51. The van der Waals surface area contributed by atoms with E-state index in [0.29, 0.717) is 11.3 Å². The van der Waals surface area contributed by atoms with Crippen LogP contribution in [0.25, 0.3) is 0 Å². The van der Waals surface area contributed by atoms with Crippen molar-refractivity contribution in [3.8, 4) is 5.75 Å². The van der Waals surface area contributed by atoms with Crippen LogP contribution in [0.1, 0.15) is 5.56 Å². The molecule has 1 aromatic rings. The number of alkyl halides is 3. The highest BCUT2D eigenvalue weighted by Crippen LogP contribution is 2.25. The Hall–Kier alpha value is -1.65. The standard InChI is InChI=1S/C11H11F3O2/c1-8(11(12,13)14)16-7-9-3-5-10(15-2)6-4-9/h3-6H,1,7H2,2H3. The quantitative estimate of drug-likeness (QED) is 0.741. The topological polar surface area (TPSA) is 18.5 Å². The summed E-state index contributed by atoms with van der Waals surface area (Å²) in [6.07, 6.45) is -4.51. The first-order valence-corrected chi connectivity index (χ1v) is 4.45. The van der Waals surface area contributed by atoms with Gasteiger partial charge in [-0.1, -0.05) is 18.7 Å². The normalized spacial score (nSPS) is 11.0. The second-order valence-corrected chi connectivity index (χ2v) is 3.06. The van der Waals surface area contributed by atoms with Crippen molar-refractivity contribution < 1.29 is 22.6 Å². The molecule has 0 bridgehead atoms. The average Bonchev–Trinajstić information content (AvgIpc) is 2.25. The maximum atomic E-state index is 12.0. The summed E-state index contributed by atoms with van der Waals surface area (Å²) in [5.41, 5.74) is 0.617. The SMILES string of the molecule is C=C(OCc1ccc(OC)cc1)C(F)(F)F. The zero-order valence-electron chi connectivity index (χ0n) is 8.67. The number of allylic oxidation sites excluding steroid dienone is 1. The van der Waals surface area contributed by atoms with E-state index in [-0.39, 0.29) is 6.61 Å². The van der Waals surface area contributed by atoms with Crippen LogP contribution in [0.5, 0.6) is 5.75 Å². The molecule has 0 aliphatic rings. The maximum absolute atomic E-state index is 12.0. The van der Waals surface area contributed by atoms with E-state index in [1.807, 2.05) is 0 Å². The van der Waals surface area contributed by atoms with Crippen molar-refractivity contribution in [2.45, 2.75) is 12.8 Å². The molecule has 0 unspecified atom stereocenters. The molecule has 0 N–H and O–H groups in total. The van der Waals surface area contributed by atoms with E-state index >= 15 is 0 Å². The van der Waals surface area contributed by atoms with Crippen molar-refractivity contribution in [1.82, 2.24) is 0 Å². The summed E-state index contributed by atoms with van der Waals surface area (Å²) in [6, 6.07) is 6.55. The molecule has 0 saturated heterocycles. The van der Waals surface area contributed by atoms with Crippen LogP contribution in [0.4, 0.5) is 13.2 Å². The third-order valence-electron chi connectivity index (χ3n) is 1.89. The number of ether oxygens (including phenoxy) is 2. The van der Waals surface area contributed by atoms with E-state index < -0.39 is 11.9 Å². The molecule has 0 spiro atoms. The van der Waals surface area contributed by atoms with E-state index in [1.165, 1.54) is 7.11 Å². The lowest BCUT2D eigenvalue weighted by Crippen LogP contribution is -2.13. The van der Waals surface area contributed by atoms with Crippen molar-refractivity contribution in [3.63, 3.8) is 0 Å². The van der Waals surface area contributed by atoms with Crippen LogP contribution < -0.4 is 4.74 Å². The van der Waals surface area contributed by atoms with E-state index in [2.05, 4.69) is 11.3 Å². The second-order valence-electron chi connectivity index (χ2n) is 3.06. The van der Waals surface area contributed by atoms with E-state index in [9.17, 15) is 13.2 Å². The van der Waals surface area contributed by atoms with Crippen LogP contribution in [-0.4, -0.2) is 13.3 Å². The molecule has 1 rings (SSSR count). The average molecular weight is 232 g/mol. The Bertz CT molecular complexity index is 354. The number of hydrogen-bond donors (Lipinski definition) is 0. The first kappa shape index (κ1) is 12.4. The Balaban J connectivity index is 2.52. The molecular weight excluding hydrogens is 221 g/mol. The molecule has 5 heteroatoms. The molecule has 16 heavy (non-hydrogen) atoms. The van der Waals surface area contributed by atoms with Gasteiger partial charge in [0, 0.05) is 0 Å². The number of methoxy groups -OCH3 is 1. The summed E-state index contributed by atoms with van der Waals surface area (Å²) in [6.45, 7) is 2.64. The summed E-state index contributed by atoms with van der Waals surface area (Å²) >= 11 is 0. The third-order valence-corrected chi connectivity index (χ3v) is 1.89. The highest BCUT2D eigenvalue weighted by atomic mass is 19.4. The zero-order valence-corrected chi connectivity index (χ0v) is 8.67. The zero-order chi connectivity index (χ0) is 12.2. The highest BCUT2D eigenvalue weighted by Gasteiger charge is 2.33. The molecule has 88 valence electrons. The summed E-state index contributed by atoms with van der Waals surface area (Å²) < 4.78 is 45.5. The minimum absolute atomic E-state index is 0.164. The third kappa shape index (κ3) is 3.49. The van der Waals surface area contributed by atoms with E-state index in [4.69, 9.17) is 4.74 Å². The molecule has 0 aliphatic heterocycles. The van der Waals surface area contributed by atoms with Gasteiger partial charge in [0.15, 0.2) is 5.76 Å². The van der Waals surface area contributed by atoms with E-state index in [1.54, 1.807) is 24.3 Å². The number of benzene rings is 1. The van der Waals surface area contributed by atoms with Crippen molar-refractivity contribution in [2.24, 2.45) is 0 Å². The Morgan fingerprint density at radius 2 is 1.81 bits per heavy atom. The van der Waals surface area contributed by atoms with Gasteiger partial charge >= 0.3 is 6.18 Å². The molecular formula is C11H11F3O2. The molecule has 0 heterocycles. The van der Waals surface area contributed by atoms with Gasteiger partial charge in [0.25, 0.3) is 0 Å². The predicted octanol–water partition coefficient (Wildman–Crippen LogP) is 3.29. The first-order chi connectivity index (χ1) is 7.43. The fourth-order valence-electron chi connectivity index (χ4n) is 0.974. The Morgan fingerprint density at radius 1 is 1.25 bits per heavy atom.